The Morgan fingerprint density at radius 1 is 1.12 bits per heavy atom. The van der Waals surface area contributed by atoms with Gasteiger partial charge in [0.2, 0.25) is 11.8 Å². The van der Waals surface area contributed by atoms with Crippen LogP contribution in [-0.2, 0) is 17.8 Å². The smallest absolute Gasteiger partial charge is 0.422 e. The summed E-state index contributed by atoms with van der Waals surface area (Å²) in [4.78, 5) is 20.4. The lowest BCUT2D eigenvalue weighted by molar-refractivity contribution is -0.153. The number of amides is 1. The van der Waals surface area contributed by atoms with Crippen molar-refractivity contribution < 1.29 is 22.7 Å². The minimum absolute atomic E-state index is 0.0688. The number of nitrogens with one attached hydrogen (secondary N) is 1. The van der Waals surface area contributed by atoms with Crippen LogP contribution in [0.1, 0.15) is 18.2 Å². The van der Waals surface area contributed by atoms with Gasteiger partial charge in [-0.25, -0.2) is 4.98 Å². The minimum Gasteiger partial charge on any atom is -0.468 e. The van der Waals surface area contributed by atoms with Crippen molar-refractivity contribution in [3.63, 3.8) is 0 Å². The summed E-state index contributed by atoms with van der Waals surface area (Å²) in [6.45, 7) is 1.32. The predicted molar refractivity (Wildman–Crippen MR) is 112 cm³/mol. The van der Waals surface area contributed by atoms with Crippen molar-refractivity contribution in [3.8, 4) is 5.88 Å². The molecule has 0 unspecified atom stereocenters. The van der Waals surface area contributed by atoms with Gasteiger partial charge in [0.15, 0.2) is 6.61 Å². The van der Waals surface area contributed by atoms with E-state index < -0.39 is 12.8 Å². The van der Waals surface area contributed by atoms with E-state index in [-0.39, 0.29) is 18.2 Å². The highest BCUT2D eigenvalue weighted by Crippen LogP contribution is 2.28. The lowest BCUT2D eigenvalue weighted by Gasteiger charge is -2.13. The van der Waals surface area contributed by atoms with E-state index in [0.29, 0.717) is 29.7 Å². The fourth-order valence-corrected chi connectivity index (χ4v) is 3.47. The molecule has 0 aliphatic rings. The topological polar surface area (TPSA) is 81.9 Å². The van der Waals surface area contributed by atoms with Crippen molar-refractivity contribution in [2.24, 2.45) is 0 Å². The van der Waals surface area contributed by atoms with Crippen molar-refractivity contribution in [3.05, 3.63) is 60.2 Å². The number of hydrogen-bond acceptors (Lipinski definition) is 5. The molecule has 0 radical (unpaired) electrons. The van der Waals surface area contributed by atoms with Gasteiger partial charge < -0.3 is 10.1 Å². The number of benzene rings is 1. The van der Waals surface area contributed by atoms with Gasteiger partial charge in [0, 0.05) is 35.9 Å². The van der Waals surface area contributed by atoms with Gasteiger partial charge >= 0.3 is 6.18 Å². The Bertz CT molecular complexity index is 1270. The van der Waals surface area contributed by atoms with Gasteiger partial charge in [-0.05, 0) is 30.0 Å². The predicted octanol–water partition coefficient (Wildman–Crippen LogP) is 3.65. The van der Waals surface area contributed by atoms with Gasteiger partial charge in [-0.2, -0.15) is 18.3 Å². The molecule has 0 aliphatic carbocycles. The average Bonchev–Trinajstić information content (AvgIpc) is 3.16. The Morgan fingerprint density at radius 2 is 1.91 bits per heavy atom. The molecule has 0 saturated heterocycles. The van der Waals surface area contributed by atoms with Gasteiger partial charge in [-0.3, -0.25) is 14.5 Å². The molecule has 0 saturated carbocycles. The summed E-state index contributed by atoms with van der Waals surface area (Å²) in [7, 11) is 0. The molecule has 0 fully saturated rings. The molecule has 4 aromatic rings. The van der Waals surface area contributed by atoms with E-state index in [4.69, 9.17) is 4.74 Å². The summed E-state index contributed by atoms with van der Waals surface area (Å²) in [5.74, 6) is -0.189. The molecular formula is C22H20F3N5O2. The fraction of sp³-hybridized carbons (Fsp3) is 0.273. The van der Waals surface area contributed by atoms with Crippen LogP contribution in [0.2, 0.25) is 0 Å². The minimum atomic E-state index is -4.45. The normalized spacial score (nSPS) is 11.8. The number of nitrogens with zero attached hydrogens (tertiary/aromatic N) is 4. The van der Waals surface area contributed by atoms with Gasteiger partial charge in [0.25, 0.3) is 0 Å². The van der Waals surface area contributed by atoms with Crippen LogP contribution in [0.3, 0.4) is 0 Å². The Labute approximate surface area is 181 Å². The largest absolute Gasteiger partial charge is 0.468 e. The number of fused-ring (bicyclic) bond motifs is 2. The first-order chi connectivity index (χ1) is 15.3. The highest BCUT2D eigenvalue weighted by atomic mass is 19.4. The fourth-order valence-electron chi connectivity index (χ4n) is 3.47. The molecular weight excluding hydrogens is 423 g/mol. The first-order valence-electron chi connectivity index (χ1n) is 9.98. The highest BCUT2D eigenvalue weighted by molar-refractivity contribution is 5.90. The quantitative estimate of drug-likeness (QED) is 0.472. The van der Waals surface area contributed by atoms with Crippen molar-refractivity contribution in [1.82, 2.24) is 25.1 Å². The van der Waals surface area contributed by atoms with Crippen molar-refractivity contribution in [2.75, 3.05) is 13.2 Å². The maximum Gasteiger partial charge on any atom is 0.422 e. The van der Waals surface area contributed by atoms with Gasteiger partial charge in [0.05, 0.1) is 24.2 Å². The van der Waals surface area contributed by atoms with E-state index in [1.807, 2.05) is 6.92 Å². The summed E-state index contributed by atoms with van der Waals surface area (Å²) >= 11 is 0. The second-order valence-corrected chi connectivity index (χ2v) is 7.19. The number of aromatic nitrogens is 4. The summed E-state index contributed by atoms with van der Waals surface area (Å²) in [6.07, 6.45) is 0.606. The van der Waals surface area contributed by atoms with Crippen LogP contribution in [0, 0.1) is 0 Å². The number of pyridine rings is 2. The zero-order valence-corrected chi connectivity index (χ0v) is 17.2. The van der Waals surface area contributed by atoms with Gasteiger partial charge in [0.1, 0.15) is 0 Å². The molecule has 1 N–H and O–H groups in total. The van der Waals surface area contributed by atoms with Crippen LogP contribution in [-0.4, -0.2) is 45.0 Å². The molecule has 0 aliphatic heterocycles. The lowest BCUT2D eigenvalue weighted by atomic mass is 10.1. The monoisotopic (exact) mass is 443 g/mol. The Kier molecular flexibility index (Phi) is 5.93. The summed E-state index contributed by atoms with van der Waals surface area (Å²) in [6, 6.07) is 8.75. The Hall–Kier alpha value is -3.69. The van der Waals surface area contributed by atoms with E-state index in [9.17, 15) is 18.0 Å². The van der Waals surface area contributed by atoms with Crippen LogP contribution in [0.5, 0.6) is 5.88 Å². The molecule has 32 heavy (non-hydrogen) atoms. The number of alkyl halides is 3. The highest BCUT2D eigenvalue weighted by Gasteiger charge is 2.29. The molecule has 1 amide bonds. The molecule has 3 heterocycles. The van der Waals surface area contributed by atoms with E-state index in [2.05, 4.69) is 20.4 Å². The zero-order chi connectivity index (χ0) is 22.7. The standard InChI is InChI=1S/C22H20F3N5O2/c1-2-26-20(31)9-19-17-12-30(29-18(17)7-8-27-19)11-14-10-28-21(32-13-22(23,24)25)16-6-4-3-5-15(14)16/h3-8,10,12H,2,9,11,13H2,1H3,(H,26,31). The first-order valence-corrected chi connectivity index (χ1v) is 9.98. The van der Waals surface area contributed by atoms with E-state index in [0.717, 1.165) is 16.3 Å². The molecule has 0 spiro atoms. The molecule has 166 valence electrons. The molecule has 3 aromatic heterocycles. The van der Waals surface area contributed by atoms with E-state index >= 15 is 0 Å². The number of hydrogen-bond donors (Lipinski definition) is 1. The number of halogens is 3. The molecule has 4 rings (SSSR count). The maximum atomic E-state index is 12.6. The molecule has 0 atom stereocenters. The molecule has 10 heteroatoms. The van der Waals surface area contributed by atoms with Crippen LogP contribution in [0.15, 0.2) is 48.9 Å². The van der Waals surface area contributed by atoms with Gasteiger partial charge in [-0.15, -0.1) is 0 Å². The number of rotatable bonds is 7. The maximum absolute atomic E-state index is 12.6. The number of likely N-dealkylation sites (N-methyl/N-ethyl adjacent to an activating group) is 1. The third kappa shape index (κ3) is 4.79. The van der Waals surface area contributed by atoms with E-state index in [1.54, 1.807) is 47.4 Å². The number of carbonyl (C=O) groups is 1. The van der Waals surface area contributed by atoms with Crippen molar-refractivity contribution >= 4 is 27.6 Å². The number of ether oxygens (including phenoxy) is 1. The molecule has 1 aromatic carbocycles. The summed E-state index contributed by atoms with van der Waals surface area (Å²) < 4.78 is 44.3. The third-order valence-electron chi connectivity index (χ3n) is 4.81. The Morgan fingerprint density at radius 3 is 2.66 bits per heavy atom. The lowest BCUT2D eigenvalue weighted by Crippen LogP contribution is -2.24. The van der Waals surface area contributed by atoms with Gasteiger partial charge in [-0.1, -0.05) is 18.2 Å². The zero-order valence-electron chi connectivity index (χ0n) is 17.2. The average molecular weight is 443 g/mol. The second-order valence-electron chi connectivity index (χ2n) is 7.19. The number of carbonyl (C=O) groups excluding carboxylic acids is 1. The molecule has 7 nitrogen and oxygen atoms in total. The molecule has 0 bridgehead atoms. The SMILES string of the molecule is CCNC(=O)Cc1nccc2nn(Cc3cnc(OCC(F)(F)F)c4ccccc34)cc12. The van der Waals surface area contributed by atoms with Crippen LogP contribution >= 0.6 is 0 Å². The Balaban J connectivity index is 1.64. The van der Waals surface area contributed by atoms with Crippen molar-refractivity contribution in [2.45, 2.75) is 26.1 Å². The van der Waals surface area contributed by atoms with E-state index in [1.165, 1.54) is 6.20 Å². The van der Waals surface area contributed by atoms with Crippen LogP contribution in [0.25, 0.3) is 21.7 Å². The second kappa shape index (κ2) is 8.81. The summed E-state index contributed by atoms with van der Waals surface area (Å²) in [5.41, 5.74) is 2.09. The summed E-state index contributed by atoms with van der Waals surface area (Å²) in [5, 5.41) is 9.29. The third-order valence-corrected chi connectivity index (χ3v) is 4.81. The first kappa shape index (κ1) is 21.5. The van der Waals surface area contributed by atoms with Crippen LogP contribution < -0.4 is 10.1 Å². The van der Waals surface area contributed by atoms with Crippen LogP contribution in [0.4, 0.5) is 13.2 Å². The van der Waals surface area contributed by atoms with Crippen molar-refractivity contribution in [1.29, 1.82) is 0 Å².